The van der Waals surface area contributed by atoms with Gasteiger partial charge in [0.2, 0.25) is 5.95 Å². The summed E-state index contributed by atoms with van der Waals surface area (Å²) < 4.78 is 66.5. The Bertz CT molecular complexity index is 1720. The normalized spacial score (nSPS) is 12.1. The number of rotatable bonds is 14. The highest BCUT2D eigenvalue weighted by Crippen LogP contribution is 2.38. The van der Waals surface area contributed by atoms with Crippen molar-refractivity contribution in [2.75, 3.05) is 38.0 Å². The van der Waals surface area contributed by atoms with Crippen molar-refractivity contribution in [1.29, 1.82) is 0 Å². The average molecular weight is 663 g/mol. The molecule has 17 heteroatoms. The average Bonchev–Trinajstić information content (AvgIpc) is 3.39. The first-order chi connectivity index (χ1) is 22.0. The standard InChI is InChI=1S/C29H34F3N8O5P/c1-5-45-46(43)16-18-7-8-22(24(13-18)44-4)38-28-34-15-20(29(30,31)32)26(39-28)37-23-10-9-21(36-25(23)27(42)33-3)19-14-35-40(17(19)2)11-6-12-41/h7-10,13-15,41,46H,5-6,11-12,16H2,1-4H3,(H,33,42)(H2,34,37,38,39). The SMILES string of the molecule is CCO[PH](=O)Cc1ccc(Nc2ncc(C(F)(F)F)c(Nc3ccc(-c4cnn(CCCO)c4C)nc3C(=O)NC)n2)c(OC)c1. The molecular formula is C29H34F3N8O5P. The number of carbonyl (C=O) groups excluding carboxylic acids is 1. The summed E-state index contributed by atoms with van der Waals surface area (Å²) in [5.41, 5.74) is 1.38. The van der Waals surface area contributed by atoms with E-state index in [2.05, 4.69) is 36.0 Å². The summed E-state index contributed by atoms with van der Waals surface area (Å²) in [6.45, 7) is 4.34. The molecule has 0 aliphatic carbocycles. The number of ether oxygens (including phenoxy) is 1. The molecule has 1 atom stereocenters. The van der Waals surface area contributed by atoms with Crippen LogP contribution in [0.1, 0.15) is 40.7 Å². The topological polar surface area (TPSA) is 165 Å². The first-order valence-electron chi connectivity index (χ1n) is 14.2. The summed E-state index contributed by atoms with van der Waals surface area (Å²) in [6, 6.07) is 7.90. The van der Waals surface area contributed by atoms with Gasteiger partial charge in [0.25, 0.3) is 5.91 Å². The summed E-state index contributed by atoms with van der Waals surface area (Å²) in [7, 11) is 0.500. The fourth-order valence-corrected chi connectivity index (χ4v) is 5.44. The number of amides is 1. The predicted molar refractivity (Wildman–Crippen MR) is 166 cm³/mol. The zero-order chi connectivity index (χ0) is 33.4. The number of halogens is 3. The maximum Gasteiger partial charge on any atom is 0.421 e. The van der Waals surface area contributed by atoms with E-state index in [0.29, 0.717) is 54.0 Å². The van der Waals surface area contributed by atoms with E-state index < -0.39 is 31.5 Å². The van der Waals surface area contributed by atoms with E-state index in [0.717, 1.165) is 5.69 Å². The van der Waals surface area contributed by atoms with Crippen LogP contribution < -0.4 is 20.7 Å². The van der Waals surface area contributed by atoms with Gasteiger partial charge < -0.3 is 30.3 Å². The number of nitrogens with zero attached hydrogens (tertiary/aromatic N) is 5. The van der Waals surface area contributed by atoms with Crippen molar-refractivity contribution in [2.24, 2.45) is 0 Å². The molecule has 0 saturated heterocycles. The highest BCUT2D eigenvalue weighted by atomic mass is 31.1. The van der Waals surface area contributed by atoms with Gasteiger partial charge in [-0.15, -0.1) is 0 Å². The molecule has 0 bridgehead atoms. The van der Waals surface area contributed by atoms with E-state index in [1.165, 1.54) is 20.2 Å². The lowest BCUT2D eigenvalue weighted by Crippen LogP contribution is -2.21. The van der Waals surface area contributed by atoms with Crippen molar-refractivity contribution >= 4 is 37.1 Å². The maximum absolute atomic E-state index is 14.1. The van der Waals surface area contributed by atoms with Crippen LogP contribution in [0.25, 0.3) is 11.3 Å². The molecule has 13 nitrogen and oxygen atoms in total. The van der Waals surface area contributed by atoms with E-state index in [4.69, 9.17) is 14.4 Å². The highest BCUT2D eigenvalue weighted by molar-refractivity contribution is 7.38. The molecule has 0 saturated carbocycles. The lowest BCUT2D eigenvalue weighted by molar-refractivity contribution is -0.137. The molecule has 3 aromatic heterocycles. The number of hydrogen-bond donors (Lipinski definition) is 4. The highest BCUT2D eigenvalue weighted by Gasteiger charge is 2.36. The third kappa shape index (κ3) is 8.19. The van der Waals surface area contributed by atoms with Crippen molar-refractivity contribution in [3.8, 4) is 17.0 Å². The second-order valence-electron chi connectivity index (χ2n) is 9.84. The van der Waals surface area contributed by atoms with Crippen molar-refractivity contribution in [2.45, 2.75) is 39.2 Å². The van der Waals surface area contributed by atoms with Crippen LogP contribution in [0.15, 0.2) is 42.7 Å². The molecule has 1 amide bonds. The van der Waals surface area contributed by atoms with Crippen molar-refractivity contribution in [1.82, 2.24) is 30.0 Å². The van der Waals surface area contributed by atoms with E-state index >= 15 is 0 Å². The van der Waals surface area contributed by atoms with Gasteiger partial charge in [-0.25, -0.2) is 9.97 Å². The van der Waals surface area contributed by atoms with Gasteiger partial charge in [0, 0.05) is 43.8 Å². The Hall–Kier alpha value is -4.53. The van der Waals surface area contributed by atoms with Gasteiger partial charge in [-0.2, -0.15) is 23.3 Å². The lowest BCUT2D eigenvalue weighted by Gasteiger charge is -2.17. The molecule has 1 unspecified atom stereocenters. The number of aliphatic hydroxyl groups excluding tert-OH is 1. The Labute approximate surface area is 263 Å². The van der Waals surface area contributed by atoms with E-state index in [9.17, 15) is 22.5 Å². The molecule has 0 aliphatic heterocycles. The Morgan fingerprint density at radius 3 is 2.54 bits per heavy atom. The van der Waals surface area contributed by atoms with Gasteiger partial charge in [0.15, 0.2) is 13.7 Å². The molecule has 246 valence electrons. The number of aliphatic hydroxyl groups is 1. The predicted octanol–water partition coefficient (Wildman–Crippen LogP) is 5.31. The van der Waals surface area contributed by atoms with Crippen molar-refractivity contribution < 1.29 is 36.9 Å². The molecule has 4 aromatic rings. The molecule has 0 aliphatic rings. The van der Waals surface area contributed by atoms with Gasteiger partial charge in [0.1, 0.15) is 17.1 Å². The molecule has 4 N–H and O–H groups in total. The van der Waals surface area contributed by atoms with Crippen LogP contribution in [-0.2, 0) is 28.0 Å². The molecule has 4 rings (SSSR count). The minimum atomic E-state index is -4.83. The van der Waals surface area contributed by atoms with Gasteiger partial charge in [-0.3, -0.25) is 14.0 Å². The van der Waals surface area contributed by atoms with Crippen LogP contribution in [0, 0.1) is 6.92 Å². The zero-order valence-electron chi connectivity index (χ0n) is 25.5. The van der Waals surface area contributed by atoms with Crippen molar-refractivity contribution in [3.05, 3.63) is 65.2 Å². The maximum atomic E-state index is 14.1. The van der Waals surface area contributed by atoms with Gasteiger partial charge in [-0.1, -0.05) is 6.07 Å². The molecular weight excluding hydrogens is 628 g/mol. The number of alkyl halides is 3. The van der Waals surface area contributed by atoms with Crippen molar-refractivity contribution in [3.63, 3.8) is 0 Å². The lowest BCUT2D eigenvalue weighted by atomic mass is 10.1. The third-order valence-electron chi connectivity index (χ3n) is 6.76. The quantitative estimate of drug-likeness (QED) is 0.129. The van der Waals surface area contributed by atoms with Crippen LogP contribution in [0.5, 0.6) is 5.75 Å². The molecule has 3 heterocycles. The Morgan fingerprint density at radius 1 is 1.11 bits per heavy atom. The Kier molecular flexibility index (Phi) is 11.3. The number of anilines is 4. The smallest absolute Gasteiger partial charge is 0.421 e. The summed E-state index contributed by atoms with van der Waals surface area (Å²) in [4.78, 5) is 25.2. The summed E-state index contributed by atoms with van der Waals surface area (Å²) in [5.74, 6) is -1.14. The minimum absolute atomic E-state index is 0.00704. The number of pyridine rings is 1. The number of carbonyl (C=O) groups is 1. The van der Waals surface area contributed by atoms with Crippen LogP contribution in [-0.4, -0.2) is 63.1 Å². The Morgan fingerprint density at radius 2 is 1.87 bits per heavy atom. The second-order valence-corrected chi connectivity index (χ2v) is 11.2. The molecule has 46 heavy (non-hydrogen) atoms. The molecule has 1 aromatic carbocycles. The minimum Gasteiger partial charge on any atom is -0.495 e. The summed E-state index contributed by atoms with van der Waals surface area (Å²) >= 11 is 0. The summed E-state index contributed by atoms with van der Waals surface area (Å²) in [6.07, 6.45) is -1.96. The van der Waals surface area contributed by atoms with E-state index in [1.807, 2.05) is 6.92 Å². The fourth-order valence-electron chi connectivity index (χ4n) is 4.47. The van der Waals surface area contributed by atoms with Crippen LogP contribution >= 0.6 is 8.03 Å². The van der Waals surface area contributed by atoms with E-state index in [1.54, 1.807) is 42.1 Å². The number of hydrogen-bond acceptors (Lipinski definition) is 11. The van der Waals surface area contributed by atoms with Gasteiger partial charge in [-0.05, 0) is 50.1 Å². The number of aromatic nitrogens is 5. The monoisotopic (exact) mass is 662 g/mol. The third-order valence-corrected chi connectivity index (χ3v) is 8.07. The van der Waals surface area contributed by atoms with E-state index in [-0.39, 0.29) is 30.1 Å². The molecule has 0 radical (unpaired) electrons. The number of methoxy groups -OCH3 is 1. The first-order valence-corrected chi connectivity index (χ1v) is 15.7. The molecule has 0 spiro atoms. The van der Waals surface area contributed by atoms with Gasteiger partial charge in [0.05, 0.1) is 37.0 Å². The van der Waals surface area contributed by atoms with Crippen LogP contribution in [0.2, 0.25) is 0 Å². The number of benzene rings is 1. The van der Waals surface area contributed by atoms with Crippen LogP contribution in [0.3, 0.4) is 0 Å². The van der Waals surface area contributed by atoms with Gasteiger partial charge >= 0.3 is 6.18 Å². The Balaban J connectivity index is 1.69. The largest absolute Gasteiger partial charge is 0.495 e. The van der Waals surface area contributed by atoms with Crippen LogP contribution in [0.4, 0.5) is 36.3 Å². The summed E-state index contributed by atoms with van der Waals surface area (Å²) in [5, 5.41) is 21.4. The number of aryl methyl sites for hydroxylation is 1. The number of nitrogens with one attached hydrogen (secondary N) is 3. The first kappa shape index (κ1) is 34.3. The fraction of sp³-hybridized carbons (Fsp3) is 0.345. The molecule has 0 fully saturated rings. The zero-order valence-corrected chi connectivity index (χ0v) is 26.5. The second kappa shape index (κ2) is 15.2.